The van der Waals surface area contributed by atoms with Gasteiger partial charge in [-0.25, -0.2) is 0 Å². The second kappa shape index (κ2) is 3.80. The summed E-state index contributed by atoms with van der Waals surface area (Å²) >= 11 is 0. The van der Waals surface area contributed by atoms with Crippen molar-refractivity contribution < 1.29 is 9.53 Å². The van der Waals surface area contributed by atoms with E-state index in [9.17, 15) is 4.79 Å². The van der Waals surface area contributed by atoms with Gasteiger partial charge in [-0.15, -0.1) is 0 Å². The fourth-order valence-corrected chi connectivity index (χ4v) is 3.91. The third-order valence-corrected chi connectivity index (χ3v) is 4.69. The van der Waals surface area contributed by atoms with Crippen molar-refractivity contribution in [3.8, 4) is 0 Å². The van der Waals surface area contributed by atoms with Gasteiger partial charge in [0, 0.05) is 12.3 Å². The highest BCUT2D eigenvalue weighted by molar-refractivity contribution is 5.66. The Morgan fingerprint density at radius 3 is 2.73 bits per heavy atom. The van der Waals surface area contributed by atoms with Crippen LogP contribution in [0, 0.1) is 17.3 Å². The van der Waals surface area contributed by atoms with Crippen molar-refractivity contribution in [1.29, 1.82) is 0 Å². The Labute approximate surface area is 92.4 Å². The quantitative estimate of drug-likeness (QED) is 0.621. The number of carbonyl (C=O) groups is 1. The van der Waals surface area contributed by atoms with Gasteiger partial charge in [0.1, 0.15) is 6.10 Å². The summed E-state index contributed by atoms with van der Waals surface area (Å²) in [6, 6.07) is 0. The minimum Gasteiger partial charge on any atom is -0.462 e. The van der Waals surface area contributed by atoms with Gasteiger partial charge in [0.25, 0.3) is 0 Å². The first-order chi connectivity index (χ1) is 7.04. The van der Waals surface area contributed by atoms with Gasteiger partial charge in [0.05, 0.1) is 0 Å². The summed E-state index contributed by atoms with van der Waals surface area (Å²) in [4.78, 5) is 11.1. The van der Waals surface area contributed by atoms with Crippen molar-refractivity contribution in [2.75, 3.05) is 0 Å². The Kier molecular flexibility index (Phi) is 2.78. The van der Waals surface area contributed by atoms with Crippen molar-refractivity contribution in [2.45, 2.75) is 59.0 Å². The molecule has 15 heavy (non-hydrogen) atoms. The molecular formula is C13H22O2. The molecular weight excluding hydrogens is 188 g/mol. The van der Waals surface area contributed by atoms with E-state index in [4.69, 9.17) is 4.74 Å². The number of fused-ring (bicyclic) bond motifs is 1. The van der Waals surface area contributed by atoms with Crippen LogP contribution in [-0.4, -0.2) is 12.1 Å². The standard InChI is InChI=1S/C13H22O2/c1-9-5-4-8-13(3)11(9)6-7-12(13)15-10(2)14/h9,11-12H,4-8H2,1-3H3/t9-,11-,12-,13-/m0/s1. The van der Waals surface area contributed by atoms with Crippen LogP contribution in [0.4, 0.5) is 0 Å². The lowest BCUT2D eigenvalue weighted by molar-refractivity contribution is -0.154. The van der Waals surface area contributed by atoms with Crippen LogP contribution in [0.15, 0.2) is 0 Å². The molecule has 0 saturated heterocycles. The Hall–Kier alpha value is -0.530. The molecule has 0 N–H and O–H groups in total. The summed E-state index contributed by atoms with van der Waals surface area (Å²) in [5, 5.41) is 0. The monoisotopic (exact) mass is 210 g/mol. The lowest BCUT2D eigenvalue weighted by atomic mass is 9.64. The van der Waals surface area contributed by atoms with Gasteiger partial charge in [-0.3, -0.25) is 4.79 Å². The van der Waals surface area contributed by atoms with E-state index in [1.54, 1.807) is 0 Å². The smallest absolute Gasteiger partial charge is 0.302 e. The van der Waals surface area contributed by atoms with Crippen molar-refractivity contribution in [1.82, 2.24) is 0 Å². The molecule has 0 aromatic rings. The summed E-state index contributed by atoms with van der Waals surface area (Å²) in [5.74, 6) is 1.47. The van der Waals surface area contributed by atoms with E-state index in [0.717, 1.165) is 18.3 Å². The van der Waals surface area contributed by atoms with E-state index in [0.29, 0.717) is 0 Å². The van der Waals surface area contributed by atoms with E-state index in [2.05, 4.69) is 13.8 Å². The third-order valence-electron chi connectivity index (χ3n) is 4.69. The van der Waals surface area contributed by atoms with Gasteiger partial charge in [-0.1, -0.05) is 26.7 Å². The molecule has 2 aliphatic rings. The predicted octanol–water partition coefficient (Wildman–Crippen LogP) is 3.15. The number of carbonyl (C=O) groups excluding carboxylic acids is 1. The van der Waals surface area contributed by atoms with Crippen LogP contribution in [0.3, 0.4) is 0 Å². The zero-order chi connectivity index (χ0) is 11.1. The Bertz CT molecular complexity index is 261. The van der Waals surface area contributed by atoms with Crippen LogP contribution in [0.2, 0.25) is 0 Å². The zero-order valence-electron chi connectivity index (χ0n) is 10.1. The Morgan fingerprint density at radius 1 is 1.33 bits per heavy atom. The van der Waals surface area contributed by atoms with Crippen LogP contribution in [0.5, 0.6) is 0 Å². The van der Waals surface area contributed by atoms with Gasteiger partial charge < -0.3 is 4.74 Å². The first kappa shape index (κ1) is 11.0. The highest BCUT2D eigenvalue weighted by Crippen LogP contribution is 2.55. The van der Waals surface area contributed by atoms with Crippen molar-refractivity contribution in [3.63, 3.8) is 0 Å². The molecule has 0 spiro atoms. The molecule has 0 bridgehead atoms. The molecule has 2 nitrogen and oxygen atoms in total. The minimum atomic E-state index is -0.111. The Balaban J connectivity index is 2.13. The Morgan fingerprint density at radius 2 is 2.07 bits per heavy atom. The molecule has 2 aliphatic carbocycles. The van der Waals surface area contributed by atoms with Crippen molar-refractivity contribution in [3.05, 3.63) is 0 Å². The van der Waals surface area contributed by atoms with E-state index in [1.165, 1.54) is 32.6 Å². The average Bonchev–Trinajstić information content (AvgIpc) is 2.44. The summed E-state index contributed by atoms with van der Waals surface area (Å²) in [6.45, 7) is 6.22. The first-order valence-corrected chi connectivity index (χ1v) is 6.21. The molecule has 86 valence electrons. The molecule has 2 fully saturated rings. The third kappa shape index (κ3) is 1.79. The van der Waals surface area contributed by atoms with E-state index < -0.39 is 0 Å². The molecule has 4 atom stereocenters. The maximum atomic E-state index is 11.1. The van der Waals surface area contributed by atoms with Crippen molar-refractivity contribution in [2.24, 2.45) is 17.3 Å². The van der Waals surface area contributed by atoms with Crippen LogP contribution >= 0.6 is 0 Å². The van der Waals surface area contributed by atoms with Gasteiger partial charge in [-0.2, -0.15) is 0 Å². The maximum absolute atomic E-state index is 11.1. The number of rotatable bonds is 1. The summed E-state index contributed by atoms with van der Waals surface area (Å²) < 4.78 is 5.49. The van der Waals surface area contributed by atoms with Gasteiger partial charge in [0.15, 0.2) is 0 Å². The molecule has 2 saturated carbocycles. The van der Waals surface area contributed by atoms with E-state index >= 15 is 0 Å². The van der Waals surface area contributed by atoms with Gasteiger partial charge in [-0.05, 0) is 31.1 Å². The second-order valence-corrected chi connectivity index (χ2v) is 5.66. The molecule has 0 unspecified atom stereocenters. The van der Waals surface area contributed by atoms with Crippen LogP contribution < -0.4 is 0 Å². The maximum Gasteiger partial charge on any atom is 0.302 e. The average molecular weight is 210 g/mol. The molecule has 2 rings (SSSR count). The van der Waals surface area contributed by atoms with Gasteiger partial charge in [0.2, 0.25) is 0 Å². The molecule has 2 heteroatoms. The largest absolute Gasteiger partial charge is 0.462 e. The molecule has 0 amide bonds. The normalized spacial score (nSPS) is 44.9. The molecule has 0 radical (unpaired) electrons. The van der Waals surface area contributed by atoms with E-state index in [1.807, 2.05) is 0 Å². The SMILES string of the molecule is CC(=O)O[C@H]1CC[C@H]2[C@@H](C)CCC[C@]12C. The summed E-state index contributed by atoms with van der Waals surface area (Å²) in [7, 11) is 0. The predicted molar refractivity (Wildman–Crippen MR) is 59.4 cm³/mol. The number of ether oxygens (including phenoxy) is 1. The van der Waals surface area contributed by atoms with Crippen LogP contribution in [0.1, 0.15) is 52.9 Å². The van der Waals surface area contributed by atoms with Crippen LogP contribution in [0.25, 0.3) is 0 Å². The number of hydrogen-bond acceptors (Lipinski definition) is 2. The summed E-state index contributed by atoms with van der Waals surface area (Å²) in [6.07, 6.45) is 6.39. The molecule has 0 aromatic heterocycles. The fourth-order valence-electron chi connectivity index (χ4n) is 3.91. The van der Waals surface area contributed by atoms with E-state index in [-0.39, 0.29) is 17.5 Å². The molecule has 0 heterocycles. The highest BCUT2D eigenvalue weighted by Gasteiger charge is 2.51. The summed E-state index contributed by atoms with van der Waals surface area (Å²) in [5.41, 5.74) is 0.267. The number of esters is 1. The molecule has 0 aromatic carbocycles. The van der Waals surface area contributed by atoms with Crippen LogP contribution in [-0.2, 0) is 9.53 Å². The van der Waals surface area contributed by atoms with Crippen molar-refractivity contribution >= 4 is 5.97 Å². The number of hydrogen-bond donors (Lipinski definition) is 0. The first-order valence-electron chi connectivity index (χ1n) is 6.21. The van der Waals surface area contributed by atoms with Gasteiger partial charge >= 0.3 is 5.97 Å². The molecule has 0 aliphatic heterocycles. The lowest BCUT2D eigenvalue weighted by Gasteiger charge is -2.43. The zero-order valence-corrected chi connectivity index (χ0v) is 10.1. The highest BCUT2D eigenvalue weighted by atomic mass is 16.5. The topological polar surface area (TPSA) is 26.3 Å². The lowest BCUT2D eigenvalue weighted by Crippen LogP contribution is -2.40. The minimum absolute atomic E-state index is 0.111. The second-order valence-electron chi connectivity index (χ2n) is 5.66. The fraction of sp³-hybridized carbons (Fsp3) is 0.923.